The Labute approximate surface area is 108 Å². The van der Waals surface area contributed by atoms with Crippen LogP contribution in [0, 0.1) is 17.2 Å². The minimum absolute atomic E-state index is 0.261. The van der Waals surface area contributed by atoms with E-state index in [0.717, 1.165) is 24.0 Å². The average Bonchev–Trinajstić information content (AvgIpc) is 2.45. The number of aliphatic hydroxyl groups is 1. The highest BCUT2D eigenvalue weighted by molar-refractivity contribution is 5.37. The van der Waals surface area contributed by atoms with E-state index in [1.807, 2.05) is 24.3 Å². The van der Waals surface area contributed by atoms with Crippen LogP contribution in [0.15, 0.2) is 24.3 Å². The summed E-state index contributed by atoms with van der Waals surface area (Å²) in [6.07, 6.45) is 4.68. The molecule has 2 N–H and O–H groups in total. The molecule has 1 aliphatic carbocycles. The third kappa shape index (κ3) is 3.10. The van der Waals surface area contributed by atoms with E-state index in [0.29, 0.717) is 18.5 Å². The van der Waals surface area contributed by atoms with Crippen molar-refractivity contribution >= 4 is 0 Å². The summed E-state index contributed by atoms with van der Waals surface area (Å²) in [5.41, 5.74) is 1.78. The number of nitrogens with one attached hydrogen (secondary N) is 1. The molecule has 18 heavy (non-hydrogen) atoms. The number of hydrogen-bond acceptors (Lipinski definition) is 3. The van der Waals surface area contributed by atoms with Crippen LogP contribution >= 0.6 is 0 Å². The van der Waals surface area contributed by atoms with E-state index in [1.165, 1.54) is 12.8 Å². The molecular weight excluding hydrogens is 224 g/mol. The molecule has 0 saturated heterocycles. The molecule has 1 fully saturated rings. The van der Waals surface area contributed by atoms with Gasteiger partial charge in [0, 0.05) is 19.2 Å². The molecule has 1 aromatic rings. The third-order valence-corrected chi connectivity index (χ3v) is 3.84. The number of nitrogens with zero attached hydrogens (tertiary/aromatic N) is 1. The molecule has 3 nitrogen and oxygen atoms in total. The van der Waals surface area contributed by atoms with Crippen molar-refractivity contribution in [3.05, 3.63) is 35.4 Å². The third-order valence-electron chi connectivity index (χ3n) is 3.84. The normalized spacial score (nSPS) is 23.6. The maximum atomic E-state index is 9.37. The van der Waals surface area contributed by atoms with E-state index in [-0.39, 0.29) is 6.61 Å². The lowest BCUT2D eigenvalue weighted by Crippen LogP contribution is -2.39. The first-order valence-electron chi connectivity index (χ1n) is 6.67. The highest BCUT2D eigenvalue weighted by atomic mass is 16.3. The lowest BCUT2D eigenvalue weighted by molar-refractivity contribution is 0.152. The van der Waals surface area contributed by atoms with Gasteiger partial charge in [0.1, 0.15) is 0 Å². The first kappa shape index (κ1) is 13.1. The van der Waals surface area contributed by atoms with Crippen LogP contribution < -0.4 is 5.32 Å². The Morgan fingerprint density at radius 1 is 1.28 bits per heavy atom. The van der Waals surface area contributed by atoms with Gasteiger partial charge in [0.25, 0.3) is 0 Å². The molecule has 1 aliphatic rings. The van der Waals surface area contributed by atoms with Crippen molar-refractivity contribution in [2.45, 2.75) is 38.3 Å². The van der Waals surface area contributed by atoms with Crippen LogP contribution in [0.4, 0.5) is 0 Å². The summed E-state index contributed by atoms with van der Waals surface area (Å²) in [5.74, 6) is 0.369. The number of benzene rings is 1. The lowest BCUT2D eigenvalue weighted by atomic mass is 9.85. The minimum atomic E-state index is 0.261. The van der Waals surface area contributed by atoms with Gasteiger partial charge in [-0.3, -0.25) is 0 Å². The predicted molar refractivity (Wildman–Crippen MR) is 70.8 cm³/mol. The van der Waals surface area contributed by atoms with Crippen molar-refractivity contribution in [2.24, 2.45) is 5.92 Å². The second-order valence-corrected chi connectivity index (χ2v) is 4.98. The second-order valence-electron chi connectivity index (χ2n) is 4.98. The van der Waals surface area contributed by atoms with Crippen molar-refractivity contribution in [2.75, 3.05) is 6.61 Å². The van der Waals surface area contributed by atoms with Gasteiger partial charge in [0.2, 0.25) is 0 Å². The van der Waals surface area contributed by atoms with E-state index in [2.05, 4.69) is 11.4 Å². The van der Waals surface area contributed by atoms with Crippen molar-refractivity contribution < 1.29 is 5.11 Å². The Kier molecular flexibility index (Phi) is 4.74. The number of nitriles is 1. The van der Waals surface area contributed by atoms with Crippen molar-refractivity contribution in [3.8, 4) is 6.07 Å². The number of aliphatic hydroxyl groups excluding tert-OH is 1. The molecule has 0 radical (unpaired) electrons. The van der Waals surface area contributed by atoms with Gasteiger partial charge < -0.3 is 10.4 Å². The molecule has 2 atom stereocenters. The topological polar surface area (TPSA) is 56.0 Å². The maximum Gasteiger partial charge on any atom is 0.0995 e. The van der Waals surface area contributed by atoms with Crippen molar-refractivity contribution in [3.63, 3.8) is 0 Å². The van der Waals surface area contributed by atoms with Gasteiger partial charge in [-0.2, -0.15) is 5.26 Å². The summed E-state index contributed by atoms with van der Waals surface area (Å²) >= 11 is 0. The Bertz CT molecular complexity index is 425. The van der Waals surface area contributed by atoms with E-state index >= 15 is 0 Å². The summed E-state index contributed by atoms with van der Waals surface area (Å²) in [4.78, 5) is 0. The minimum Gasteiger partial charge on any atom is -0.396 e. The fourth-order valence-electron chi connectivity index (χ4n) is 2.72. The van der Waals surface area contributed by atoms with E-state index in [9.17, 15) is 5.11 Å². The van der Waals surface area contributed by atoms with Gasteiger partial charge in [0.05, 0.1) is 11.6 Å². The van der Waals surface area contributed by atoms with Crippen LogP contribution in [0.1, 0.15) is 36.8 Å². The monoisotopic (exact) mass is 244 g/mol. The Morgan fingerprint density at radius 3 is 2.83 bits per heavy atom. The van der Waals surface area contributed by atoms with Crippen LogP contribution in [0.2, 0.25) is 0 Å². The molecule has 0 aliphatic heterocycles. The maximum absolute atomic E-state index is 9.37. The number of rotatable bonds is 4. The van der Waals surface area contributed by atoms with Gasteiger partial charge in [-0.15, -0.1) is 0 Å². The van der Waals surface area contributed by atoms with Crippen LogP contribution in [0.3, 0.4) is 0 Å². The Hall–Kier alpha value is -1.37. The fraction of sp³-hybridized carbons (Fsp3) is 0.533. The molecule has 0 amide bonds. The van der Waals surface area contributed by atoms with Gasteiger partial charge in [-0.25, -0.2) is 0 Å². The van der Waals surface area contributed by atoms with E-state index in [1.54, 1.807) is 0 Å². The van der Waals surface area contributed by atoms with Gasteiger partial charge >= 0.3 is 0 Å². The SMILES string of the molecule is N#Cc1ccccc1CNC1CCCCC1CO. The lowest BCUT2D eigenvalue weighted by Gasteiger charge is -2.31. The standard InChI is InChI=1S/C15H20N2O/c16-9-12-5-1-2-6-13(12)10-17-15-8-4-3-7-14(15)11-18/h1-2,5-6,14-15,17-18H,3-4,7-8,10-11H2. The molecule has 0 heterocycles. The van der Waals surface area contributed by atoms with E-state index in [4.69, 9.17) is 5.26 Å². The van der Waals surface area contributed by atoms with Gasteiger partial charge in [-0.1, -0.05) is 31.0 Å². The highest BCUT2D eigenvalue weighted by Gasteiger charge is 2.23. The summed E-state index contributed by atoms with van der Waals surface area (Å²) in [6, 6.07) is 10.3. The molecule has 2 rings (SSSR count). The molecule has 2 unspecified atom stereocenters. The second kappa shape index (κ2) is 6.53. The van der Waals surface area contributed by atoms with Crippen LogP contribution in [0.25, 0.3) is 0 Å². The summed E-state index contributed by atoms with van der Waals surface area (Å²) in [6.45, 7) is 0.975. The Morgan fingerprint density at radius 2 is 2.06 bits per heavy atom. The quantitative estimate of drug-likeness (QED) is 0.853. The zero-order chi connectivity index (χ0) is 12.8. The predicted octanol–water partition coefficient (Wildman–Crippen LogP) is 2.20. The summed E-state index contributed by atoms with van der Waals surface area (Å²) in [5, 5.41) is 21.9. The molecule has 1 saturated carbocycles. The summed E-state index contributed by atoms with van der Waals surface area (Å²) < 4.78 is 0. The van der Waals surface area contributed by atoms with Crippen LogP contribution in [0.5, 0.6) is 0 Å². The Balaban J connectivity index is 1.96. The highest BCUT2D eigenvalue weighted by Crippen LogP contribution is 2.24. The molecule has 1 aromatic carbocycles. The molecule has 0 aromatic heterocycles. The molecule has 0 bridgehead atoms. The molecule has 0 spiro atoms. The zero-order valence-corrected chi connectivity index (χ0v) is 10.6. The molecule has 3 heteroatoms. The smallest absolute Gasteiger partial charge is 0.0995 e. The fourth-order valence-corrected chi connectivity index (χ4v) is 2.72. The summed E-state index contributed by atoms with van der Waals surface area (Å²) in [7, 11) is 0. The van der Waals surface area contributed by atoms with Crippen molar-refractivity contribution in [1.29, 1.82) is 5.26 Å². The van der Waals surface area contributed by atoms with Crippen molar-refractivity contribution in [1.82, 2.24) is 5.32 Å². The first-order valence-corrected chi connectivity index (χ1v) is 6.67. The first-order chi connectivity index (χ1) is 8.85. The van der Waals surface area contributed by atoms with Crippen LogP contribution in [-0.2, 0) is 6.54 Å². The average molecular weight is 244 g/mol. The van der Waals surface area contributed by atoms with Gasteiger partial charge in [-0.05, 0) is 30.4 Å². The zero-order valence-electron chi connectivity index (χ0n) is 10.6. The molecular formula is C15H20N2O. The van der Waals surface area contributed by atoms with E-state index < -0.39 is 0 Å². The van der Waals surface area contributed by atoms with Crippen LogP contribution in [-0.4, -0.2) is 17.8 Å². The number of hydrogen-bond donors (Lipinski definition) is 2. The van der Waals surface area contributed by atoms with Gasteiger partial charge in [0.15, 0.2) is 0 Å². The largest absolute Gasteiger partial charge is 0.396 e. The molecule has 96 valence electrons.